The first-order valence-electron chi connectivity index (χ1n) is 10.3. The summed E-state index contributed by atoms with van der Waals surface area (Å²) in [6.45, 7) is 0.813. The van der Waals surface area contributed by atoms with Crippen molar-refractivity contribution in [1.82, 2.24) is 4.90 Å². The van der Waals surface area contributed by atoms with Gasteiger partial charge in [-0.2, -0.15) is 8.42 Å². The summed E-state index contributed by atoms with van der Waals surface area (Å²) in [4.78, 5) is 26.9. The fourth-order valence-electron chi connectivity index (χ4n) is 4.75. The third kappa shape index (κ3) is 4.22. The topological polar surface area (TPSA) is 95.9 Å². The lowest BCUT2D eigenvalue weighted by Gasteiger charge is -2.36. The fraction of sp³-hybridized carbons (Fsp3) is 0.571. The Bertz CT molecular complexity index is 923. The lowest BCUT2D eigenvalue weighted by molar-refractivity contribution is -0.136. The van der Waals surface area contributed by atoms with Crippen LogP contribution >= 0.6 is 0 Å². The molecule has 1 aromatic carbocycles. The number of fused-ring (bicyclic) bond motifs is 2. The highest BCUT2D eigenvalue weighted by Gasteiger charge is 2.41. The van der Waals surface area contributed by atoms with Crippen LogP contribution in [0.2, 0.25) is 0 Å². The van der Waals surface area contributed by atoms with Crippen LogP contribution in [0, 0.1) is 17.8 Å². The van der Waals surface area contributed by atoms with Crippen LogP contribution in [0.1, 0.15) is 44.9 Å². The quantitative estimate of drug-likeness (QED) is 0.813. The van der Waals surface area contributed by atoms with Gasteiger partial charge < -0.3 is 10.2 Å². The minimum atomic E-state index is -3.76. The van der Waals surface area contributed by atoms with E-state index in [9.17, 15) is 18.0 Å². The van der Waals surface area contributed by atoms with Gasteiger partial charge in [0.1, 0.15) is 11.6 Å². The molecule has 1 aliphatic heterocycles. The predicted molar refractivity (Wildman–Crippen MR) is 110 cm³/mol. The molecule has 0 spiro atoms. The maximum Gasteiger partial charge on any atom is 0.283 e. The molecule has 1 N–H and O–H groups in total. The lowest BCUT2D eigenvalue weighted by atomic mass is 9.67. The van der Waals surface area contributed by atoms with Gasteiger partial charge in [-0.3, -0.25) is 9.59 Å². The number of likely N-dealkylation sites (tertiary alicyclic amines) is 1. The van der Waals surface area contributed by atoms with Crippen molar-refractivity contribution in [3.63, 3.8) is 0 Å². The molecule has 0 aromatic heterocycles. The Morgan fingerprint density at radius 3 is 2.34 bits per heavy atom. The number of nitrogens with zero attached hydrogens (tertiary/aromatic N) is 2. The van der Waals surface area contributed by atoms with Crippen LogP contribution in [-0.2, 0) is 19.6 Å². The van der Waals surface area contributed by atoms with Crippen molar-refractivity contribution in [2.45, 2.75) is 49.8 Å². The second-order valence-electron chi connectivity index (χ2n) is 8.42. The summed E-state index contributed by atoms with van der Waals surface area (Å²) < 4.78 is 29.0. The largest absolute Gasteiger partial charge is 0.362 e. The number of amidine groups is 1. The third-order valence-electron chi connectivity index (χ3n) is 6.40. The van der Waals surface area contributed by atoms with Gasteiger partial charge in [0, 0.05) is 43.5 Å². The zero-order valence-corrected chi connectivity index (χ0v) is 17.5. The monoisotopic (exact) mass is 417 g/mol. The van der Waals surface area contributed by atoms with Gasteiger partial charge in [-0.15, -0.1) is 4.40 Å². The molecule has 7 nitrogen and oxygen atoms in total. The molecule has 8 heteroatoms. The molecule has 2 bridgehead atoms. The fourth-order valence-corrected chi connectivity index (χ4v) is 5.84. The maximum absolute atomic E-state index is 12.7. The number of Topliss-reactive ketones (excluding diaryl/α,β-unsaturated/α-hetero) is 1. The predicted octanol–water partition coefficient (Wildman–Crippen LogP) is 2.83. The molecule has 1 amide bonds. The Morgan fingerprint density at radius 1 is 1.10 bits per heavy atom. The van der Waals surface area contributed by atoms with Crippen molar-refractivity contribution in [3.8, 4) is 0 Å². The molecular weight excluding hydrogens is 390 g/mol. The SMILES string of the molecule is CN1CCC/C1=N/S(=O)(=O)c1ccc(NC(=O)C2CC3CCCC(C2)C3=O)cc1. The lowest BCUT2D eigenvalue weighted by Crippen LogP contribution is -2.40. The van der Waals surface area contributed by atoms with Crippen LogP contribution in [-0.4, -0.2) is 44.4 Å². The van der Waals surface area contributed by atoms with Crippen molar-refractivity contribution >= 4 is 33.2 Å². The first-order chi connectivity index (χ1) is 13.8. The normalized spacial score (nSPS) is 28.6. The van der Waals surface area contributed by atoms with Crippen LogP contribution in [0.4, 0.5) is 5.69 Å². The van der Waals surface area contributed by atoms with E-state index < -0.39 is 10.0 Å². The summed E-state index contributed by atoms with van der Waals surface area (Å²) >= 11 is 0. The maximum atomic E-state index is 12.7. The van der Waals surface area contributed by atoms with Gasteiger partial charge in [0.25, 0.3) is 10.0 Å². The van der Waals surface area contributed by atoms with Crippen molar-refractivity contribution < 1.29 is 18.0 Å². The zero-order valence-electron chi connectivity index (χ0n) is 16.6. The minimum absolute atomic E-state index is 0.0265. The number of carbonyl (C=O) groups excluding carboxylic acids is 2. The first-order valence-corrected chi connectivity index (χ1v) is 11.8. The molecule has 3 aliphatic rings. The second-order valence-corrected chi connectivity index (χ2v) is 10.0. The summed E-state index contributed by atoms with van der Waals surface area (Å²) in [5.41, 5.74) is 0.557. The number of rotatable bonds is 4. The molecule has 2 atom stereocenters. The molecule has 29 heavy (non-hydrogen) atoms. The Labute approximate surface area is 171 Å². The summed E-state index contributed by atoms with van der Waals surface area (Å²) in [5.74, 6) is 0.731. The molecule has 2 saturated carbocycles. The third-order valence-corrected chi connectivity index (χ3v) is 7.72. The van der Waals surface area contributed by atoms with E-state index >= 15 is 0 Å². The van der Waals surface area contributed by atoms with Crippen LogP contribution in [0.5, 0.6) is 0 Å². The number of sulfonamides is 1. The molecule has 1 heterocycles. The highest BCUT2D eigenvalue weighted by molar-refractivity contribution is 7.90. The van der Waals surface area contributed by atoms with E-state index in [4.69, 9.17) is 0 Å². The smallest absolute Gasteiger partial charge is 0.283 e. The Morgan fingerprint density at radius 2 is 1.76 bits per heavy atom. The van der Waals surface area contributed by atoms with Gasteiger partial charge >= 0.3 is 0 Å². The van der Waals surface area contributed by atoms with Crippen molar-refractivity contribution in [3.05, 3.63) is 24.3 Å². The summed E-state index contributed by atoms with van der Waals surface area (Å²) in [6, 6.07) is 6.14. The Kier molecular flexibility index (Phi) is 5.46. The molecule has 156 valence electrons. The van der Waals surface area contributed by atoms with Gasteiger partial charge in [-0.1, -0.05) is 6.42 Å². The standard InChI is InChI=1S/C21H27N3O4S/c1-24-11-3-6-19(24)23-29(27,28)18-9-7-17(8-10-18)22-21(26)16-12-14-4-2-5-15(13-16)20(14)25/h7-10,14-16H,2-6,11-13H2,1H3,(H,22,26)/b23-19-. The average Bonchev–Trinajstić information content (AvgIpc) is 3.06. The van der Waals surface area contributed by atoms with Crippen molar-refractivity contribution in [1.29, 1.82) is 0 Å². The van der Waals surface area contributed by atoms with Crippen molar-refractivity contribution in [2.75, 3.05) is 18.9 Å². The van der Waals surface area contributed by atoms with E-state index in [-0.39, 0.29) is 28.6 Å². The van der Waals surface area contributed by atoms with E-state index in [0.717, 1.165) is 32.2 Å². The van der Waals surface area contributed by atoms with Crippen LogP contribution in [0.3, 0.4) is 0 Å². The number of hydrogen-bond acceptors (Lipinski definition) is 4. The van der Waals surface area contributed by atoms with Crippen molar-refractivity contribution in [2.24, 2.45) is 22.2 Å². The molecule has 2 unspecified atom stereocenters. The molecule has 1 aromatic rings. The minimum Gasteiger partial charge on any atom is -0.362 e. The summed E-state index contributed by atoms with van der Waals surface area (Å²) in [7, 11) is -1.92. The van der Waals surface area contributed by atoms with Gasteiger partial charge in [0.15, 0.2) is 0 Å². The van der Waals surface area contributed by atoms with E-state index in [1.54, 1.807) is 12.1 Å². The molecule has 0 radical (unpaired) electrons. The second kappa shape index (κ2) is 7.89. The van der Waals surface area contributed by atoms with E-state index in [1.165, 1.54) is 12.1 Å². The van der Waals surface area contributed by atoms with E-state index in [2.05, 4.69) is 9.71 Å². The highest BCUT2D eigenvalue weighted by Crippen LogP contribution is 2.40. The number of nitrogens with one attached hydrogen (secondary N) is 1. The number of hydrogen-bond donors (Lipinski definition) is 1. The van der Waals surface area contributed by atoms with Gasteiger partial charge in [-0.25, -0.2) is 0 Å². The number of amides is 1. The Hall–Kier alpha value is -2.22. The van der Waals surface area contributed by atoms with Crippen LogP contribution < -0.4 is 5.32 Å². The summed E-state index contributed by atoms with van der Waals surface area (Å²) in [5, 5.41) is 2.89. The van der Waals surface area contributed by atoms with E-state index in [0.29, 0.717) is 36.6 Å². The average molecular weight is 418 g/mol. The number of anilines is 1. The van der Waals surface area contributed by atoms with Crippen LogP contribution in [0.25, 0.3) is 0 Å². The number of carbonyl (C=O) groups is 2. The Balaban J connectivity index is 1.42. The molecular formula is C21H27N3O4S. The van der Waals surface area contributed by atoms with Gasteiger partial charge in [-0.05, 0) is 56.4 Å². The molecule has 2 aliphatic carbocycles. The van der Waals surface area contributed by atoms with Gasteiger partial charge in [0.05, 0.1) is 4.90 Å². The first kappa shape index (κ1) is 20.1. The molecule has 1 saturated heterocycles. The summed E-state index contributed by atoms with van der Waals surface area (Å²) in [6.07, 6.45) is 5.68. The van der Waals surface area contributed by atoms with Gasteiger partial charge in [0.2, 0.25) is 5.91 Å². The van der Waals surface area contributed by atoms with Crippen LogP contribution in [0.15, 0.2) is 33.6 Å². The molecule has 4 rings (SSSR count). The molecule has 3 fully saturated rings. The highest BCUT2D eigenvalue weighted by atomic mass is 32.2. The number of benzene rings is 1. The zero-order chi connectivity index (χ0) is 20.6. The van der Waals surface area contributed by atoms with E-state index in [1.807, 2.05) is 11.9 Å². The number of ketones is 1.